The molecule has 0 aromatic heterocycles. The first-order chi connectivity index (χ1) is 28.9. The molecule has 0 bridgehead atoms. The van der Waals surface area contributed by atoms with Crippen LogP contribution in [0.4, 0.5) is 17.1 Å². The van der Waals surface area contributed by atoms with Gasteiger partial charge in [-0.1, -0.05) is 78.3 Å². The molecule has 3 N–H and O–H groups in total. The van der Waals surface area contributed by atoms with Gasteiger partial charge in [0.2, 0.25) is 4.99 Å². The Morgan fingerprint density at radius 2 is 1.52 bits per heavy atom. The maximum atomic E-state index is 14.5. The van der Waals surface area contributed by atoms with Gasteiger partial charge in [0.25, 0.3) is 21.6 Å². The van der Waals surface area contributed by atoms with Gasteiger partial charge in [-0.2, -0.15) is 0 Å². The Balaban J connectivity index is 1.03. The number of nitrogens with one attached hydrogen (secondary N) is 2. The topological polar surface area (TPSA) is 165 Å². The summed E-state index contributed by atoms with van der Waals surface area (Å²) < 4.78 is 31.1. The quantitative estimate of drug-likeness (QED) is 0.0362. The van der Waals surface area contributed by atoms with E-state index in [-0.39, 0.29) is 24.3 Å². The molecule has 2 unspecified atom stereocenters. The Morgan fingerprint density at radius 3 is 2.22 bits per heavy atom. The molecular weight excluding hydrogens is 824 g/mol. The minimum Gasteiger partial charge on any atom is -0.481 e. The number of benzene rings is 5. The summed E-state index contributed by atoms with van der Waals surface area (Å²) in [5.41, 5.74) is 3.78. The molecule has 13 nitrogen and oxygen atoms in total. The third-order valence-corrected chi connectivity index (χ3v) is 14.2. The van der Waals surface area contributed by atoms with Crippen molar-refractivity contribution in [1.82, 2.24) is 14.5 Å². The summed E-state index contributed by atoms with van der Waals surface area (Å²) in [6, 6.07) is 38.0. The van der Waals surface area contributed by atoms with Crippen LogP contribution < -0.4 is 14.9 Å². The largest absolute Gasteiger partial charge is 0.481 e. The number of nitrogens with zero attached hydrogens (tertiary/aromatic N) is 4. The van der Waals surface area contributed by atoms with Gasteiger partial charge in [0.15, 0.2) is 0 Å². The van der Waals surface area contributed by atoms with Crippen LogP contribution in [0.5, 0.6) is 0 Å². The number of carboxylic acids is 1. The smallest absolute Gasteiger partial charge is 0.312 e. The number of unbranched alkanes of at least 4 members (excludes halogenated alkanes) is 1. The monoisotopic (exact) mass is 868 g/mol. The van der Waals surface area contributed by atoms with E-state index in [1.54, 1.807) is 23.9 Å². The normalized spacial score (nSPS) is 18.4. The van der Waals surface area contributed by atoms with Crippen molar-refractivity contribution in [3.63, 3.8) is 0 Å². The highest BCUT2D eigenvalue weighted by Crippen LogP contribution is 2.44. The van der Waals surface area contributed by atoms with Gasteiger partial charge in [0.05, 0.1) is 4.92 Å². The number of aliphatic carboxylic acids is 1. The fraction of sp³-hybridized carbons (Fsp3) is 0.273. The van der Waals surface area contributed by atoms with E-state index in [0.29, 0.717) is 17.9 Å². The average molecular weight is 869 g/mol. The fourth-order valence-electron chi connectivity index (χ4n) is 7.78. The number of carboxylic acid groups (broad SMARTS) is 1. The molecule has 0 saturated carbocycles. The number of likely N-dealkylation sites (tertiary alicyclic amines) is 1. The van der Waals surface area contributed by atoms with E-state index in [0.717, 1.165) is 60.2 Å². The van der Waals surface area contributed by atoms with Gasteiger partial charge in [0, 0.05) is 73.0 Å². The second-order valence-corrected chi connectivity index (χ2v) is 18.1. The highest BCUT2D eigenvalue weighted by atomic mass is 35.5. The van der Waals surface area contributed by atoms with Crippen molar-refractivity contribution in [3.8, 4) is 11.1 Å². The number of amides is 1. The SMILES string of the molecule is O=C(NS(=O)(=O)C1(Nc2ccccc2[N+](=O)[O-])C(C(=O)O)CN1CCCCSc1ccccc1)c1ccc(N2CCN(Cc3ccccc3-c3ccc(Cl)cc3)CC2)cc1. The van der Waals surface area contributed by atoms with Gasteiger partial charge >= 0.3 is 5.97 Å². The van der Waals surface area contributed by atoms with Gasteiger partial charge < -0.3 is 15.3 Å². The zero-order valence-electron chi connectivity index (χ0n) is 32.7. The zero-order valence-corrected chi connectivity index (χ0v) is 35.0. The second kappa shape index (κ2) is 18.9. The summed E-state index contributed by atoms with van der Waals surface area (Å²) in [5, 5.41) is 25.7. The number of anilines is 2. The number of carbonyl (C=O) groups excluding carboxylic acids is 1. The van der Waals surface area contributed by atoms with Crippen molar-refractivity contribution < 1.29 is 28.0 Å². The molecule has 2 saturated heterocycles. The molecule has 2 aliphatic heterocycles. The first-order valence-electron chi connectivity index (χ1n) is 19.6. The van der Waals surface area contributed by atoms with Gasteiger partial charge in [-0.25, -0.2) is 13.1 Å². The summed E-state index contributed by atoms with van der Waals surface area (Å²) in [6.07, 6.45) is 1.18. The lowest BCUT2D eigenvalue weighted by atomic mass is 9.93. The maximum Gasteiger partial charge on any atom is 0.312 e. The molecule has 16 heteroatoms. The molecule has 2 atom stereocenters. The number of nitro benzene ring substituents is 1. The van der Waals surface area contributed by atoms with Crippen LogP contribution in [0, 0.1) is 16.0 Å². The number of nitro groups is 1. The third-order valence-electron chi connectivity index (χ3n) is 11.0. The minimum absolute atomic E-state index is 0.0521. The number of carbonyl (C=O) groups is 2. The van der Waals surface area contributed by atoms with Crippen LogP contribution in [0.25, 0.3) is 11.1 Å². The summed E-state index contributed by atoms with van der Waals surface area (Å²) in [5.74, 6) is -3.21. The molecule has 0 radical (unpaired) electrons. The van der Waals surface area contributed by atoms with Crippen molar-refractivity contribution in [3.05, 3.63) is 154 Å². The molecule has 1 amide bonds. The number of hydrogen-bond donors (Lipinski definition) is 3. The number of halogens is 1. The number of thioether (sulfide) groups is 1. The van der Waals surface area contributed by atoms with E-state index in [9.17, 15) is 33.2 Å². The molecule has 60 heavy (non-hydrogen) atoms. The van der Waals surface area contributed by atoms with E-state index in [1.165, 1.54) is 46.9 Å². The first-order valence-corrected chi connectivity index (χ1v) is 22.4. The summed E-state index contributed by atoms with van der Waals surface area (Å²) in [7, 11) is -4.90. The Labute approximate surface area is 358 Å². The second-order valence-electron chi connectivity index (χ2n) is 14.7. The number of hydrogen-bond acceptors (Lipinski definition) is 11. The predicted molar refractivity (Wildman–Crippen MR) is 236 cm³/mol. The lowest BCUT2D eigenvalue weighted by molar-refractivity contribution is -0.384. The Bertz CT molecular complexity index is 2420. The average Bonchev–Trinajstić information content (AvgIpc) is 3.24. The van der Waals surface area contributed by atoms with E-state index in [1.807, 2.05) is 66.7 Å². The molecule has 2 heterocycles. The lowest BCUT2D eigenvalue weighted by Crippen LogP contribution is -2.78. The zero-order chi connectivity index (χ0) is 42.3. The van der Waals surface area contributed by atoms with Crippen LogP contribution >= 0.6 is 23.4 Å². The number of para-hydroxylation sites is 2. The molecule has 0 aliphatic carbocycles. The number of rotatable bonds is 17. The molecular formula is C44H45ClN6O7S2. The summed E-state index contributed by atoms with van der Waals surface area (Å²) in [4.78, 5) is 42.4. The Hall–Kier alpha value is -5.45. The van der Waals surface area contributed by atoms with Crippen molar-refractivity contribution in [2.24, 2.45) is 5.92 Å². The number of sulfonamides is 1. The summed E-state index contributed by atoms with van der Waals surface area (Å²) in [6.45, 7) is 3.86. The first kappa shape index (κ1) is 42.7. The van der Waals surface area contributed by atoms with E-state index in [2.05, 4.69) is 32.0 Å². The van der Waals surface area contributed by atoms with Gasteiger partial charge in [-0.15, -0.1) is 11.8 Å². The standard InChI is InChI=1S/C44H45ClN6O7S2/c45-35-20-16-32(17-21-35)38-13-5-4-10-34(38)30-48-25-27-49(28-26-48)36-22-18-33(19-23-36)42(52)47-60(57,58)44(46-40-14-6-7-15-41(40)51(55)56)39(43(53)54)31-50(44)24-8-9-29-59-37-11-2-1-3-12-37/h1-7,10-23,39,46H,8-9,24-31H2,(H,47,52)(H,53,54). The molecule has 312 valence electrons. The van der Waals surface area contributed by atoms with Crippen molar-refractivity contribution >= 4 is 62.3 Å². The molecule has 2 fully saturated rings. The fourth-order valence-corrected chi connectivity index (χ4v) is 10.7. The molecule has 0 spiro atoms. The minimum atomic E-state index is -4.90. The molecule has 5 aromatic carbocycles. The highest BCUT2D eigenvalue weighted by Gasteiger charge is 2.66. The van der Waals surface area contributed by atoms with Gasteiger partial charge in [-0.3, -0.25) is 29.5 Å². The van der Waals surface area contributed by atoms with Crippen molar-refractivity contribution in [2.75, 3.05) is 55.2 Å². The third kappa shape index (κ3) is 9.45. The predicted octanol–water partition coefficient (Wildman–Crippen LogP) is 7.65. The van der Waals surface area contributed by atoms with Crippen molar-refractivity contribution in [2.45, 2.75) is 29.3 Å². The summed E-state index contributed by atoms with van der Waals surface area (Å²) >= 11 is 7.77. The Kier molecular flexibility index (Phi) is 13.4. The van der Waals surface area contributed by atoms with Crippen LogP contribution in [0.15, 0.2) is 132 Å². The van der Waals surface area contributed by atoms with Crippen LogP contribution in [0.1, 0.15) is 28.8 Å². The Morgan fingerprint density at radius 1 is 0.850 bits per heavy atom. The number of piperazine rings is 1. The van der Waals surface area contributed by atoms with Crippen LogP contribution in [-0.4, -0.2) is 90.1 Å². The lowest BCUT2D eigenvalue weighted by Gasteiger charge is -2.55. The van der Waals surface area contributed by atoms with Crippen molar-refractivity contribution in [1.29, 1.82) is 0 Å². The van der Waals surface area contributed by atoms with E-state index >= 15 is 0 Å². The highest BCUT2D eigenvalue weighted by molar-refractivity contribution is 7.99. The van der Waals surface area contributed by atoms with E-state index < -0.39 is 43.4 Å². The van der Waals surface area contributed by atoms with Gasteiger partial charge in [-0.05, 0) is 89.9 Å². The van der Waals surface area contributed by atoms with E-state index in [4.69, 9.17) is 11.6 Å². The van der Waals surface area contributed by atoms with Gasteiger partial charge in [0.1, 0.15) is 11.6 Å². The molecule has 5 aromatic rings. The molecule has 7 rings (SSSR count). The maximum absolute atomic E-state index is 14.5. The molecule has 2 aliphatic rings. The van der Waals surface area contributed by atoms with Crippen LogP contribution in [0.3, 0.4) is 0 Å². The van der Waals surface area contributed by atoms with Crippen LogP contribution in [0.2, 0.25) is 5.02 Å². The van der Waals surface area contributed by atoms with Crippen LogP contribution in [-0.2, 0) is 21.4 Å².